The SMILES string of the molecule is C=CCC(CC=C)(CC=C)c1ccc(C2=C3C=CC(=N3)C(c3ccc(C)cc3)=C3C=CC(=N3)C(=c3ccc(=C(O)O)cc3)c3ccc([nH]3)C(c3ccc(C)cc3)=C3C=CC2=N3)cc1. The highest BCUT2D eigenvalue weighted by molar-refractivity contribution is 6.37. The maximum absolute atomic E-state index is 9.87. The van der Waals surface area contributed by atoms with Crippen LogP contribution in [0.4, 0.5) is 0 Å². The number of allylic oxidation sites excluding steroid dienone is 11. The number of rotatable bonds is 10. The summed E-state index contributed by atoms with van der Waals surface area (Å²) in [5.74, 6) is -0.728. The molecule has 0 spiro atoms. The largest absolute Gasteiger partial charge is 0.481 e. The fourth-order valence-electron chi connectivity index (χ4n) is 8.99. The molecular formula is C57H48N4O2. The molecule has 0 fully saturated rings. The molecule has 308 valence electrons. The highest BCUT2D eigenvalue weighted by Crippen LogP contribution is 2.40. The minimum Gasteiger partial charge on any atom is -0.481 e. The second kappa shape index (κ2) is 16.9. The van der Waals surface area contributed by atoms with E-state index in [1.807, 2.05) is 36.4 Å². The Morgan fingerprint density at radius 1 is 0.492 bits per heavy atom. The van der Waals surface area contributed by atoms with Gasteiger partial charge in [0, 0.05) is 39.1 Å². The number of aromatic nitrogens is 1. The van der Waals surface area contributed by atoms with Crippen LogP contribution in [-0.4, -0.2) is 32.3 Å². The normalized spacial score (nSPS) is 15.5. The van der Waals surface area contributed by atoms with Crippen molar-refractivity contribution in [2.75, 3.05) is 0 Å². The summed E-state index contributed by atoms with van der Waals surface area (Å²) in [5, 5.41) is 20.9. The number of aromatic amines is 1. The molecule has 0 atom stereocenters. The quantitative estimate of drug-likeness (QED) is 0.122. The molecule has 63 heavy (non-hydrogen) atoms. The standard InChI is InChI=1S/C57H48N4O2/c1-6-33-57(34-7-2,35-8-3)43-23-21-41(22-24-43)55-50-31-27-46(60-50)52(38-13-9-36(4)10-14-38)44-25-29-48(58-44)54(40-17-19-42(20-18-40)56(62)63)49-30-26-45(59-49)53(47-28-32-51(55)61-47)39-15-11-37(5)12-16-39/h6-32,58,62-63H,1-3,33-35H2,4-5H3. The number of benzene rings is 4. The van der Waals surface area contributed by atoms with E-state index in [-0.39, 0.29) is 5.41 Å². The summed E-state index contributed by atoms with van der Waals surface area (Å²) in [7, 11) is 0. The van der Waals surface area contributed by atoms with Crippen molar-refractivity contribution < 1.29 is 10.2 Å². The molecule has 4 aliphatic heterocycles. The summed E-state index contributed by atoms with van der Waals surface area (Å²) < 4.78 is 0. The molecule has 1 aromatic heterocycles. The predicted molar refractivity (Wildman–Crippen MR) is 262 cm³/mol. The summed E-state index contributed by atoms with van der Waals surface area (Å²) in [4.78, 5) is 20.1. The maximum atomic E-state index is 9.87. The zero-order valence-corrected chi connectivity index (χ0v) is 35.6. The Kier molecular flexibility index (Phi) is 10.9. The van der Waals surface area contributed by atoms with Crippen molar-refractivity contribution in [2.24, 2.45) is 15.0 Å². The van der Waals surface area contributed by atoms with Crippen LogP contribution in [-0.2, 0) is 5.41 Å². The van der Waals surface area contributed by atoms with Crippen molar-refractivity contribution in [1.82, 2.24) is 4.98 Å². The third-order valence-corrected chi connectivity index (χ3v) is 12.2. The predicted octanol–water partition coefficient (Wildman–Crippen LogP) is 11.6. The second-order valence-electron chi connectivity index (χ2n) is 16.4. The number of aryl methyl sites for hydroxylation is 2. The second-order valence-corrected chi connectivity index (χ2v) is 16.4. The van der Waals surface area contributed by atoms with Gasteiger partial charge in [-0.3, -0.25) is 0 Å². The average molecular weight is 821 g/mol. The molecule has 4 aliphatic rings. The van der Waals surface area contributed by atoms with E-state index in [9.17, 15) is 10.2 Å². The summed E-state index contributed by atoms with van der Waals surface area (Å²) >= 11 is 0. The fourth-order valence-corrected chi connectivity index (χ4v) is 8.99. The first-order valence-corrected chi connectivity index (χ1v) is 21.2. The van der Waals surface area contributed by atoms with Crippen LogP contribution in [0.15, 0.2) is 216 Å². The van der Waals surface area contributed by atoms with Crippen molar-refractivity contribution in [2.45, 2.75) is 38.5 Å². The molecule has 0 saturated carbocycles. The van der Waals surface area contributed by atoms with Crippen LogP contribution in [0.5, 0.6) is 0 Å². The van der Waals surface area contributed by atoms with E-state index in [2.05, 4.69) is 154 Å². The van der Waals surface area contributed by atoms with E-state index in [4.69, 9.17) is 15.0 Å². The average Bonchev–Trinajstić information content (AvgIpc) is 4.14. The molecule has 0 saturated heterocycles. The van der Waals surface area contributed by atoms with E-state index in [1.165, 1.54) is 5.56 Å². The molecule has 0 aliphatic carbocycles. The van der Waals surface area contributed by atoms with Crippen LogP contribution in [0.2, 0.25) is 0 Å². The number of hydrogen-bond acceptors (Lipinski definition) is 5. The molecule has 5 aromatic rings. The van der Waals surface area contributed by atoms with Gasteiger partial charge in [-0.15, -0.1) is 19.7 Å². The molecule has 0 amide bonds. The van der Waals surface area contributed by atoms with E-state index < -0.39 is 5.95 Å². The first-order valence-electron chi connectivity index (χ1n) is 21.2. The summed E-state index contributed by atoms with van der Waals surface area (Å²) in [5.41, 5.74) is 16.5. The number of hydrogen-bond donors (Lipinski definition) is 3. The van der Waals surface area contributed by atoms with Gasteiger partial charge in [0.05, 0.1) is 39.4 Å². The third-order valence-electron chi connectivity index (χ3n) is 12.2. The van der Waals surface area contributed by atoms with Crippen LogP contribution in [0.25, 0.3) is 28.2 Å². The fraction of sp³-hybridized carbons (Fsp3) is 0.105. The topological polar surface area (TPSA) is 93.3 Å². The van der Waals surface area contributed by atoms with E-state index in [0.717, 1.165) is 120 Å². The lowest BCUT2D eigenvalue weighted by molar-refractivity contribution is 0.298. The van der Waals surface area contributed by atoms with Crippen molar-refractivity contribution >= 4 is 45.4 Å². The maximum Gasteiger partial charge on any atom is 0.281 e. The zero-order valence-electron chi connectivity index (χ0n) is 35.6. The zero-order chi connectivity index (χ0) is 43.7. The van der Waals surface area contributed by atoms with E-state index in [0.29, 0.717) is 5.22 Å². The number of fused-ring (bicyclic) bond motifs is 5. The van der Waals surface area contributed by atoms with Crippen molar-refractivity contribution in [3.05, 3.63) is 256 Å². The third kappa shape index (κ3) is 7.72. The Morgan fingerprint density at radius 2 is 0.889 bits per heavy atom. The van der Waals surface area contributed by atoms with Crippen molar-refractivity contribution in [3.8, 4) is 0 Å². The van der Waals surface area contributed by atoms with Crippen LogP contribution >= 0.6 is 0 Å². The first-order chi connectivity index (χ1) is 30.7. The van der Waals surface area contributed by atoms with Gasteiger partial charge in [-0.2, -0.15) is 0 Å². The highest BCUT2D eigenvalue weighted by atomic mass is 16.5. The molecule has 0 unspecified atom stereocenters. The minimum absolute atomic E-state index is 0.190. The van der Waals surface area contributed by atoms with Gasteiger partial charge >= 0.3 is 0 Å². The van der Waals surface area contributed by atoms with Crippen molar-refractivity contribution in [3.63, 3.8) is 0 Å². The summed E-state index contributed by atoms with van der Waals surface area (Å²) in [6, 6.07) is 37.2. The molecule has 0 radical (unpaired) electrons. The first kappa shape index (κ1) is 40.6. The minimum atomic E-state index is -0.728. The lowest BCUT2D eigenvalue weighted by Gasteiger charge is -2.32. The smallest absolute Gasteiger partial charge is 0.281 e. The number of nitrogens with one attached hydrogen (secondary N) is 1. The Bertz CT molecular complexity index is 3080. The monoisotopic (exact) mass is 820 g/mol. The number of nitrogens with zero attached hydrogens (tertiary/aromatic N) is 3. The van der Waals surface area contributed by atoms with E-state index >= 15 is 0 Å². The summed E-state index contributed by atoms with van der Waals surface area (Å²) in [6.45, 7) is 16.5. The molecule has 3 N–H and O–H groups in total. The molecular weight excluding hydrogens is 773 g/mol. The van der Waals surface area contributed by atoms with Gasteiger partial charge in [0.2, 0.25) is 0 Å². The lowest BCUT2D eigenvalue weighted by atomic mass is 9.72. The number of aliphatic hydroxyl groups excluding tert-OH is 1. The molecule has 9 rings (SSSR count). The number of H-pyrrole nitrogens is 1. The van der Waals surface area contributed by atoms with Gasteiger partial charge in [-0.05, 0) is 121 Å². The molecule has 5 heterocycles. The highest BCUT2D eigenvalue weighted by Gasteiger charge is 2.30. The van der Waals surface area contributed by atoms with Gasteiger partial charge in [0.15, 0.2) is 0 Å². The van der Waals surface area contributed by atoms with Crippen LogP contribution in [0.3, 0.4) is 0 Å². The van der Waals surface area contributed by atoms with Crippen LogP contribution < -0.4 is 10.4 Å². The summed E-state index contributed by atoms with van der Waals surface area (Å²) in [6.07, 6.45) is 20.8. The molecule has 4 aromatic carbocycles. The number of aliphatic imine (C=N–C) groups is 3. The van der Waals surface area contributed by atoms with Gasteiger partial charge in [0.1, 0.15) is 0 Å². The van der Waals surface area contributed by atoms with Gasteiger partial charge in [-0.1, -0.05) is 114 Å². The number of aliphatic hydroxyl groups is 2. The molecule has 6 heteroatoms. The Labute approximate surface area is 368 Å². The van der Waals surface area contributed by atoms with Gasteiger partial charge in [0.25, 0.3) is 5.95 Å². The van der Waals surface area contributed by atoms with Gasteiger partial charge < -0.3 is 15.2 Å². The van der Waals surface area contributed by atoms with Gasteiger partial charge in [-0.25, -0.2) is 15.0 Å². The molecule has 6 nitrogen and oxygen atoms in total. The Balaban J connectivity index is 1.33. The van der Waals surface area contributed by atoms with Crippen LogP contribution in [0, 0.1) is 13.8 Å². The van der Waals surface area contributed by atoms with Crippen molar-refractivity contribution in [1.29, 1.82) is 0 Å². The van der Waals surface area contributed by atoms with E-state index in [1.54, 1.807) is 12.1 Å². The molecule has 8 bridgehead atoms. The lowest BCUT2D eigenvalue weighted by Crippen LogP contribution is -2.24. The Morgan fingerprint density at radius 3 is 1.33 bits per heavy atom. The van der Waals surface area contributed by atoms with Crippen LogP contribution in [0.1, 0.15) is 64.0 Å². The Hall–Kier alpha value is -7.83.